The van der Waals surface area contributed by atoms with Crippen LogP contribution in [0.1, 0.15) is 44.6 Å². The van der Waals surface area contributed by atoms with Crippen LogP contribution in [0.2, 0.25) is 0 Å². The molecule has 0 bridgehead atoms. The number of aryl methyl sites for hydroxylation is 1. The van der Waals surface area contributed by atoms with E-state index in [9.17, 15) is 9.59 Å². The predicted molar refractivity (Wildman–Crippen MR) is 91.3 cm³/mol. The molecule has 1 aromatic rings. The van der Waals surface area contributed by atoms with Gasteiger partial charge >= 0.3 is 0 Å². The number of likely N-dealkylation sites (tertiary alicyclic amines) is 1. The van der Waals surface area contributed by atoms with Crippen LogP contribution in [0.5, 0.6) is 0 Å². The minimum atomic E-state index is 0.0619. The van der Waals surface area contributed by atoms with Gasteiger partial charge in [-0.3, -0.25) is 9.59 Å². The lowest BCUT2D eigenvalue weighted by Crippen LogP contribution is -2.45. The van der Waals surface area contributed by atoms with E-state index in [0.717, 1.165) is 57.4 Å². The number of fused-ring (bicyclic) bond motifs is 1. The summed E-state index contributed by atoms with van der Waals surface area (Å²) < 4.78 is 0. The summed E-state index contributed by atoms with van der Waals surface area (Å²) in [6.45, 7) is 4.31. The van der Waals surface area contributed by atoms with Gasteiger partial charge in [0.1, 0.15) is 0 Å². The van der Waals surface area contributed by atoms with Crippen molar-refractivity contribution in [3.8, 4) is 0 Å². The third-order valence-corrected chi connectivity index (χ3v) is 5.04. The Morgan fingerprint density at radius 2 is 1.87 bits per heavy atom. The molecule has 4 heteroatoms. The number of hydrogen-bond donors (Lipinski definition) is 0. The predicted octanol–water partition coefficient (Wildman–Crippen LogP) is 3.00. The number of hydrogen-bond acceptors (Lipinski definition) is 2. The van der Waals surface area contributed by atoms with E-state index in [0.29, 0.717) is 6.42 Å². The van der Waals surface area contributed by atoms with E-state index < -0.39 is 0 Å². The number of amides is 2. The molecule has 0 saturated carbocycles. The maximum absolute atomic E-state index is 12.9. The van der Waals surface area contributed by atoms with Crippen molar-refractivity contribution < 1.29 is 9.59 Å². The highest BCUT2D eigenvalue weighted by molar-refractivity contribution is 5.96. The minimum absolute atomic E-state index is 0.0619. The van der Waals surface area contributed by atoms with Gasteiger partial charge in [0.05, 0.1) is 0 Å². The van der Waals surface area contributed by atoms with Crippen LogP contribution in [0.15, 0.2) is 24.3 Å². The van der Waals surface area contributed by atoms with Crippen molar-refractivity contribution in [2.45, 2.75) is 45.4 Å². The smallest absolute Gasteiger partial charge is 0.230 e. The Hall–Kier alpha value is -1.84. The Balaban J connectivity index is 1.63. The number of piperidine rings is 1. The van der Waals surface area contributed by atoms with Gasteiger partial charge in [-0.1, -0.05) is 25.1 Å². The maximum Gasteiger partial charge on any atom is 0.230 e. The summed E-state index contributed by atoms with van der Waals surface area (Å²) in [4.78, 5) is 28.8. The Bertz CT molecular complexity index is 576. The van der Waals surface area contributed by atoms with E-state index in [1.165, 1.54) is 5.56 Å². The van der Waals surface area contributed by atoms with E-state index in [2.05, 4.69) is 12.1 Å². The Kier molecular flexibility index (Phi) is 4.99. The fourth-order valence-electron chi connectivity index (χ4n) is 3.73. The topological polar surface area (TPSA) is 40.6 Å². The molecule has 0 aliphatic carbocycles. The summed E-state index contributed by atoms with van der Waals surface area (Å²) in [5.74, 6) is 0.549. The first-order valence-electron chi connectivity index (χ1n) is 8.87. The highest BCUT2D eigenvalue weighted by atomic mass is 16.2. The molecule has 0 atom stereocenters. The summed E-state index contributed by atoms with van der Waals surface area (Å²) in [5, 5.41) is 0. The molecule has 2 aliphatic heterocycles. The molecule has 0 radical (unpaired) electrons. The molecule has 3 rings (SSSR count). The molecule has 124 valence electrons. The summed E-state index contributed by atoms with van der Waals surface area (Å²) in [7, 11) is 0. The lowest BCUT2D eigenvalue weighted by atomic mass is 9.93. The Morgan fingerprint density at radius 1 is 1.13 bits per heavy atom. The fraction of sp³-hybridized carbons (Fsp3) is 0.579. The van der Waals surface area contributed by atoms with Gasteiger partial charge < -0.3 is 9.80 Å². The molecule has 1 saturated heterocycles. The summed E-state index contributed by atoms with van der Waals surface area (Å²) in [5.41, 5.74) is 2.37. The van der Waals surface area contributed by atoms with Crippen molar-refractivity contribution in [2.24, 2.45) is 5.92 Å². The molecule has 4 nitrogen and oxygen atoms in total. The molecule has 1 fully saturated rings. The average Bonchev–Trinajstić information content (AvgIpc) is 2.61. The van der Waals surface area contributed by atoms with E-state index in [1.54, 1.807) is 0 Å². The molecular weight excluding hydrogens is 288 g/mol. The first-order valence-corrected chi connectivity index (χ1v) is 8.87. The van der Waals surface area contributed by atoms with Gasteiger partial charge in [0.2, 0.25) is 11.8 Å². The standard InChI is InChI=1S/C19H26N2O2/c1-2-6-18(22)20-13-10-16(11-14-20)19(23)21-12-5-8-15-7-3-4-9-17(15)21/h3-4,7,9,16H,2,5-6,8,10-14H2,1H3. The fourth-order valence-corrected chi connectivity index (χ4v) is 3.73. The van der Waals surface area contributed by atoms with Crippen molar-refractivity contribution in [3.63, 3.8) is 0 Å². The van der Waals surface area contributed by atoms with Crippen molar-refractivity contribution in [1.29, 1.82) is 0 Å². The molecule has 0 N–H and O–H groups in total. The molecule has 0 unspecified atom stereocenters. The Morgan fingerprint density at radius 3 is 2.61 bits per heavy atom. The third-order valence-electron chi connectivity index (χ3n) is 5.04. The van der Waals surface area contributed by atoms with Gasteiger partial charge in [-0.25, -0.2) is 0 Å². The molecule has 2 heterocycles. The number of nitrogens with zero attached hydrogens (tertiary/aromatic N) is 2. The van der Waals surface area contributed by atoms with Gasteiger partial charge in [-0.15, -0.1) is 0 Å². The number of carbonyl (C=O) groups excluding carboxylic acids is 2. The van der Waals surface area contributed by atoms with Crippen LogP contribution in [0.3, 0.4) is 0 Å². The molecule has 1 aromatic carbocycles. The van der Waals surface area contributed by atoms with E-state index in [4.69, 9.17) is 0 Å². The summed E-state index contributed by atoms with van der Waals surface area (Å²) in [6, 6.07) is 8.24. The number of rotatable bonds is 3. The number of anilines is 1. The van der Waals surface area contributed by atoms with E-state index in [1.807, 2.05) is 28.9 Å². The zero-order chi connectivity index (χ0) is 16.2. The van der Waals surface area contributed by atoms with Crippen molar-refractivity contribution >= 4 is 17.5 Å². The second-order valence-electron chi connectivity index (χ2n) is 6.63. The van der Waals surface area contributed by atoms with Crippen LogP contribution >= 0.6 is 0 Å². The summed E-state index contributed by atoms with van der Waals surface area (Å²) in [6.07, 6.45) is 5.21. The number of carbonyl (C=O) groups is 2. The number of benzene rings is 1. The molecule has 2 amide bonds. The van der Waals surface area contributed by atoms with E-state index in [-0.39, 0.29) is 17.7 Å². The molecule has 0 aromatic heterocycles. The summed E-state index contributed by atoms with van der Waals surface area (Å²) >= 11 is 0. The largest absolute Gasteiger partial charge is 0.343 e. The monoisotopic (exact) mass is 314 g/mol. The number of para-hydroxylation sites is 1. The maximum atomic E-state index is 12.9. The van der Waals surface area contributed by atoms with Gasteiger partial charge in [0.25, 0.3) is 0 Å². The lowest BCUT2D eigenvalue weighted by molar-refractivity contribution is -0.135. The second-order valence-corrected chi connectivity index (χ2v) is 6.63. The quantitative estimate of drug-likeness (QED) is 0.860. The third kappa shape index (κ3) is 3.41. The van der Waals surface area contributed by atoms with Crippen LogP contribution < -0.4 is 4.90 Å². The average molecular weight is 314 g/mol. The normalized spacial score (nSPS) is 18.7. The highest BCUT2D eigenvalue weighted by Gasteiger charge is 2.32. The molecule has 0 spiro atoms. The molecule has 23 heavy (non-hydrogen) atoms. The Labute approximate surface area is 138 Å². The van der Waals surface area contributed by atoms with Crippen LogP contribution in [-0.4, -0.2) is 36.3 Å². The van der Waals surface area contributed by atoms with Gasteiger partial charge in [-0.2, -0.15) is 0 Å². The first-order chi connectivity index (χ1) is 11.2. The van der Waals surface area contributed by atoms with Gasteiger partial charge in [-0.05, 0) is 43.7 Å². The van der Waals surface area contributed by atoms with Crippen LogP contribution in [0.4, 0.5) is 5.69 Å². The van der Waals surface area contributed by atoms with E-state index >= 15 is 0 Å². The SMILES string of the molecule is CCCC(=O)N1CCC(C(=O)N2CCCc3ccccc32)CC1. The second kappa shape index (κ2) is 7.16. The van der Waals surface area contributed by atoms with Crippen LogP contribution in [-0.2, 0) is 16.0 Å². The van der Waals surface area contributed by atoms with Gasteiger partial charge in [0, 0.05) is 37.7 Å². The molecular formula is C19H26N2O2. The van der Waals surface area contributed by atoms with Crippen molar-refractivity contribution in [2.75, 3.05) is 24.5 Å². The highest BCUT2D eigenvalue weighted by Crippen LogP contribution is 2.30. The van der Waals surface area contributed by atoms with Gasteiger partial charge in [0.15, 0.2) is 0 Å². The molecule has 2 aliphatic rings. The van der Waals surface area contributed by atoms with Crippen molar-refractivity contribution in [3.05, 3.63) is 29.8 Å². The van der Waals surface area contributed by atoms with Crippen LogP contribution in [0.25, 0.3) is 0 Å². The first kappa shape index (κ1) is 16.0. The lowest BCUT2D eigenvalue weighted by Gasteiger charge is -2.36. The van der Waals surface area contributed by atoms with Crippen molar-refractivity contribution in [1.82, 2.24) is 4.90 Å². The zero-order valence-electron chi connectivity index (χ0n) is 14.0. The van der Waals surface area contributed by atoms with Crippen LogP contribution in [0, 0.1) is 5.92 Å². The minimum Gasteiger partial charge on any atom is -0.343 e. The zero-order valence-corrected chi connectivity index (χ0v) is 14.0.